The zero-order valence-electron chi connectivity index (χ0n) is 11.7. The lowest BCUT2D eigenvalue weighted by Crippen LogP contribution is -2.32. The van der Waals surface area contributed by atoms with Crippen LogP contribution in [0.1, 0.15) is 45.4 Å². The van der Waals surface area contributed by atoms with Crippen molar-refractivity contribution in [2.24, 2.45) is 23.5 Å². The van der Waals surface area contributed by atoms with Crippen molar-refractivity contribution in [3.8, 4) is 0 Å². The largest absolute Gasteiger partial charge is 0.330 e. The molecule has 0 spiro atoms. The Morgan fingerprint density at radius 1 is 1.33 bits per heavy atom. The van der Waals surface area contributed by atoms with Crippen LogP contribution in [0, 0.1) is 17.8 Å². The molecule has 2 N–H and O–H groups in total. The van der Waals surface area contributed by atoms with E-state index in [0.717, 1.165) is 31.3 Å². The maximum atomic E-state index is 5.94. The minimum absolute atomic E-state index is 0.676. The van der Waals surface area contributed by atoms with Gasteiger partial charge < -0.3 is 5.73 Å². The molecule has 0 bridgehead atoms. The van der Waals surface area contributed by atoms with Gasteiger partial charge in [-0.25, -0.2) is 4.98 Å². The van der Waals surface area contributed by atoms with E-state index in [4.69, 9.17) is 5.73 Å². The fourth-order valence-corrected chi connectivity index (χ4v) is 3.30. The Balaban J connectivity index is 2.04. The smallest absolute Gasteiger partial charge is 0.138 e. The lowest BCUT2D eigenvalue weighted by atomic mass is 9.72. The summed E-state index contributed by atoms with van der Waals surface area (Å²) in [4.78, 5) is 4.41. The Morgan fingerprint density at radius 2 is 2.17 bits per heavy atom. The van der Waals surface area contributed by atoms with E-state index in [1.807, 2.05) is 4.68 Å². The lowest BCUT2D eigenvalue weighted by Gasteiger charge is -2.35. The highest BCUT2D eigenvalue weighted by Crippen LogP contribution is 2.36. The normalized spacial score (nSPS) is 28.5. The quantitative estimate of drug-likeness (QED) is 0.872. The van der Waals surface area contributed by atoms with Crippen molar-refractivity contribution in [3.63, 3.8) is 0 Å². The standard InChI is InChI=1S/C14H26N4/c1-3-11-5-6-12(9-15)13(7-11)8-14-16-10-17-18(14)4-2/h10-13H,3-9,15H2,1-2H3. The zero-order valence-corrected chi connectivity index (χ0v) is 11.7. The Labute approximate surface area is 110 Å². The molecule has 2 rings (SSSR count). The molecule has 1 saturated carbocycles. The van der Waals surface area contributed by atoms with Crippen LogP contribution in [0.2, 0.25) is 0 Å². The summed E-state index contributed by atoms with van der Waals surface area (Å²) >= 11 is 0. The van der Waals surface area contributed by atoms with Crippen LogP contribution in [0.25, 0.3) is 0 Å². The molecule has 4 nitrogen and oxygen atoms in total. The van der Waals surface area contributed by atoms with Gasteiger partial charge in [-0.2, -0.15) is 5.10 Å². The molecule has 1 aliphatic carbocycles. The number of nitrogens with two attached hydrogens (primary N) is 1. The zero-order chi connectivity index (χ0) is 13.0. The Morgan fingerprint density at radius 3 is 2.83 bits per heavy atom. The molecule has 18 heavy (non-hydrogen) atoms. The number of hydrogen-bond acceptors (Lipinski definition) is 3. The van der Waals surface area contributed by atoms with E-state index in [-0.39, 0.29) is 0 Å². The molecule has 102 valence electrons. The molecular weight excluding hydrogens is 224 g/mol. The van der Waals surface area contributed by atoms with Crippen LogP contribution in [0.15, 0.2) is 6.33 Å². The SMILES string of the molecule is CCC1CCC(CN)C(Cc2ncnn2CC)C1. The Bertz CT molecular complexity index is 360. The average molecular weight is 250 g/mol. The maximum absolute atomic E-state index is 5.94. The third-order valence-electron chi connectivity index (χ3n) is 4.57. The Kier molecular flexibility index (Phi) is 4.75. The highest BCUT2D eigenvalue weighted by molar-refractivity contribution is 4.92. The third kappa shape index (κ3) is 2.91. The van der Waals surface area contributed by atoms with Crippen LogP contribution in [-0.2, 0) is 13.0 Å². The third-order valence-corrected chi connectivity index (χ3v) is 4.57. The van der Waals surface area contributed by atoms with Crippen molar-refractivity contribution >= 4 is 0 Å². The van der Waals surface area contributed by atoms with E-state index in [1.54, 1.807) is 6.33 Å². The second-order valence-electron chi connectivity index (χ2n) is 5.54. The minimum atomic E-state index is 0.676. The van der Waals surface area contributed by atoms with E-state index < -0.39 is 0 Å². The molecule has 1 aliphatic rings. The summed E-state index contributed by atoms with van der Waals surface area (Å²) in [6.07, 6.45) is 7.99. The number of hydrogen-bond donors (Lipinski definition) is 1. The number of aryl methyl sites for hydroxylation is 1. The molecule has 3 unspecified atom stereocenters. The van der Waals surface area contributed by atoms with Gasteiger partial charge in [-0.3, -0.25) is 4.68 Å². The summed E-state index contributed by atoms with van der Waals surface area (Å²) < 4.78 is 2.02. The van der Waals surface area contributed by atoms with Gasteiger partial charge >= 0.3 is 0 Å². The molecule has 0 aromatic carbocycles. The van der Waals surface area contributed by atoms with Crippen molar-refractivity contribution in [1.82, 2.24) is 14.8 Å². The van der Waals surface area contributed by atoms with Crippen molar-refractivity contribution in [2.75, 3.05) is 6.54 Å². The molecule has 0 aliphatic heterocycles. The van der Waals surface area contributed by atoms with Crippen LogP contribution in [-0.4, -0.2) is 21.3 Å². The second-order valence-corrected chi connectivity index (χ2v) is 5.54. The summed E-state index contributed by atoms with van der Waals surface area (Å²) in [5, 5.41) is 4.26. The molecule has 3 atom stereocenters. The van der Waals surface area contributed by atoms with E-state index in [2.05, 4.69) is 23.9 Å². The van der Waals surface area contributed by atoms with Crippen LogP contribution in [0.3, 0.4) is 0 Å². The van der Waals surface area contributed by atoms with Gasteiger partial charge in [-0.1, -0.05) is 19.8 Å². The van der Waals surface area contributed by atoms with Crippen LogP contribution in [0.5, 0.6) is 0 Å². The predicted molar refractivity (Wildman–Crippen MR) is 73.1 cm³/mol. The first kappa shape index (κ1) is 13.5. The lowest BCUT2D eigenvalue weighted by molar-refractivity contribution is 0.176. The first-order valence-corrected chi connectivity index (χ1v) is 7.35. The molecule has 1 heterocycles. The molecule has 0 amide bonds. The molecule has 1 aromatic heterocycles. The van der Waals surface area contributed by atoms with Crippen LogP contribution < -0.4 is 5.73 Å². The number of rotatable bonds is 5. The van der Waals surface area contributed by atoms with E-state index in [9.17, 15) is 0 Å². The van der Waals surface area contributed by atoms with Crippen molar-refractivity contribution in [1.29, 1.82) is 0 Å². The number of aromatic nitrogens is 3. The maximum Gasteiger partial charge on any atom is 0.138 e. The van der Waals surface area contributed by atoms with Gasteiger partial charge in [-0.05, 0) is 44.1 Å². The predicted octanol–water partition coefficient (Wildman–Crippen LogP) is 2.24. The van der Waals surface area contributed by atoms with Gasteiger partial charge in [0.05, 0.1) is 0 Å². The van der Waals surface area contributed by atoms with Gasteiger partial charge in [0.1, 0.15) is 12.2 Å². The highest BCUT2D eigenvalue weighted by Gasteiger charge is 2.29. The summed E-state index contributed by atoms with van der Waals surface area (Å²) in [6.45, 7) is 6.15. The van der Waals surface area contributed by atoms with Gasteiger partial charge in [-0.15, -0.1) is 0 Å². The van der Waals surface area contributed by atoms with Gasteiger partial charge in [0.25, 0.3) is 0 Å². The van der Waals surface area contributed by atoms with Crippen LogP contribution in [0.4, 0.5) is 0 Å². The highest BCUT2D eigenvalue weighted by atomic mass is 15.3. The molecule has 0 radical (unpaired) electrons. The summed E-state index contributed by atoms with van der Waals surface area (Å²) in [5.41, 5.74) is 5.94. The molecule has 4 heteroatoms. The fourth-order valence-electron chi connectivity index (χ4n) is 3.30. The number of nitrogens with zero attached hydrogens (tertiary/aromatic N) is 3. The molecule has 1 aromatic rings. The average Bonchev–Trinajstić information content (AvgIpc) is 2.86. The van der Waals surface area contributed by atoms with Gasteiger partial charge in [0.2, 0.25) is 0 Å². The van der Waals surface area contributed by atoms with Crippen molar-refractivity contribution in [2.45, 2.75) is 52.5 Å². The monoisotopic (exact) mass is 250 g/mol. The van der Waals surface area contributed by atoms with E-state index >= 15 is 0 Å². The van der Waals surface area contributed by atoms with Crippen molar-refractivity contribution < 1.29 is 0 Å². The first-order chi connectivity index (χ1) is 8.78. The first-order valence-electron chi connectivity index (χ1n) is 7.35. The van der Waals surface area contributed by atoms with E-state index in [1.165, 1.54) is 25.7 Å². The van der Waals surface area contributed by atoms with Gasteiger partial charge in [0.15, 0.2) is 0 Å². The summed E-state index contributed by atoms with van der Waals surface area (Å²) in [7, 11) is 0. The summed E-state index contributed by atoms with van der Waals surface area (Å²) in [6, 6.07) is 0. The topological polar surface area (TPSA) is 56.7 Å². The summed E-state index contributed by atoms with van der Waals surface area (Å²) in [5.74, 6) is 3.39. The minimum Gasteiger partial charge on any atom is -0.330 e. The molecule has 1 fully saturated rings. The fraction of sp³-hybridized carbons (Fsp3) is 0.857. The molecule has 0 saturated heterocycles. The van der Waals surface area contributed by atoms with Gasteiger partial charge in [0, 0.05) is 13.0 Å². The van der Waals surface area contributed by atoms with E-state index in [0.29, 0.717) is 11.8 Å². The second kappa shape index (κ2) is 6.32. The van der Waals surface area contributed by atoms with Crippen LogP contribution >= 0.6 is 0 Å². The van der Waals surface area contributed by atoms with Crippen molar-refractivity contribution in [3.05, 3.63) is 12.2 Å². The Hall–Kier alpha value is -0.900. The molecular formula is C14H26N4.